The summed E-state index contributed by atoms with van der Waals surface area (Å²) >= 11 is 3.18. The highest BCUT2D eigenvalue weighted by molar-refractivity contribution is 9.10. The zero-order chi connectivity index (χ0) is 16.9. The number of benzene rings is 2. The van der Waals surface area contributed by atoms with E-state index in [9.17, 15) is 18.3 Å². The molecular formula is C15H15BrN2O4S. The molecule has 2 aromatic rings. The molecule has 0 aliphatic rings. The standard InChI is InChI=1S/C15H15BrN2O4S/c16-11-5-1-4-8-14(11)23(21,22)17-10-9-15(20)18-12-6-2-3-7-13(12)19/h1-8,17,19H,9-10H2,(H,18,20). The number of para-hydroxylation sites is 2. The Kier molecular flexibility index (Phi) is 5.75. The number of phenols is 1. The topological polar surface area (TPSA) is 95.5 Å². The second-order valence-corrected chi connectivity index (χ2v) is 7.23. The van der Waals surface area contributed by atoms with E-state index >= 15 is 0 Å². The van der Waals surface area contributed by atoms with Gasteiger partial charge in [0, 0.05) is 17.4 Å². The van der Waals surface area contributed by atoms with Gasteiger partial charge in [0.2, 0.25) is 15.9 Å². The predicted molar refractivity (Wildman–Crippen MR) is 90.7 cm³/mol. The first-order valence-electron chi connectivity index (χ1n) is 6.72. The van der Waals surface area contributed by atoms with Gasteiger partial charge < -0.3 is 10.4 Å². The van der Waals surface area contributed by atoms with Gasteiger partial charge in [-0.25, -0.2) is 13.1 Å². The zero-order valence-corrected chi connectivity index (χ0v) is 14.4. The SMILES string of the molecule is O=C(CCNS(=O)(=O)c1ccccc1Br)Nc1ccccc1O. The fraction of sp³-hybridized carbons (Fsp3) is 0.133. The fourth-order valence-corrected chi connectivity index (χ4v) is 3.86. The summed E-state index contributed by atoms with van der Waals surface area (Å²) in [6.07, 6.45) is -0.0575. The van der Waals surface area contributed by atoms with Crippen molar-refractivity contribution < 1.29 is 18.3 Å². The van der Waals surface area contributed by atoms with Crippen LogP contribution in [0.2, 0.25) is 0 Å². The smallest absolute Gasteiger partial charge is 0.241 e. The molecule has 2 aromatic carbocycles. The summed E-state index contributed by atoms with van der Waals surface area (Å²) in [5, 5.41) is 12.1. The van der Waals surface area contributed by atoms with E-state index in [0.29, 0.717) is 4.47 Å². The Morgan fingerprint density at radius 2 is 1.74 bits per heavy atom. The molecule has 0 saturated carbocycles. The summed E-state index contributed by atoms with van der Waals surface area (Å²) in [6, 6.07) is 12.7. The van der Waals surface area contributed by atoms with Crippen LogP contribution in [0.25, 0.3) is 0 Å². The van der Waals surface area contributed by atoms with Crippen molar-refractivity contribution in [3.05, 3.63) is 53.0 Å². The minimum Gasteiger partial charge on any atom is -0.506 e. The maximum Gasteiger partial charge on any atom is 0.241 e. The van der Waals surface area contributed by atoms with Crippen molar-refractivity contribution in [1.29, 1.82) is 0 Å². The highest BCUT2D eigenvalue weighted by atomic mass is 79.9. The second kappa shape index (κ2) is 7.58. The quantitative estimate of drug-likeness (QED) is 0.651. The number of phenolic OH excluding ortho intramolecular Hbond substituents is 1. The molecule has 122 valence electrons. The van der Waals surface area contributed by atoms with E-state index in [1.54, 1.807) is 36.4 Å². The molecule has 6 nitrogen and oxygen atoms in total. The Morgan fingerprint density at radius 1 is 1.09 bits per heavy atom. The van der Waals surface area contributed by atoms with Crippen molar-refractivity contribution in [3.8, 4) is 5.75 Å². The van der Waals surface area contributed by atoms with Gasteiger partial charge in [0.25, 0.3) is 0 Å². The number of halogens is 1. The Hall–Kier alpha value is -1.90. The molecule has 0 atom stereocenters. The van der Waals surface area contributed by atoms with E-state index < -0.39 is 15.9 Å². The van der Waals surface area contributed by atoms with E-state index in [1.165, 1.54) is 12.1 Å². The van der Waals surface area contributed by atoms with E-state index in [4.69, 9.17) is 0 Å². The lowest BCUT2D eigenvalue weighted by molar-refractivity contribution is -0.116. The molecule has 0 aromatic heterocycles. The second-order valence-electron chi connectivity index (χ2n) is 4.64. The van der Waals surface area contributed by atoms with Crippen LogP contribution in [0.3, 0.4) is 0 Å². The van der Waals surface area contributed by atoms with E-state index in [-0.39, 0.29) is 29.3 Å². The van der Waals surface area contributed by atoms with Crippen LogP contribution in [0.4, 0.5) is 5.69 Å². The van der Waals surface area contributed by atoms with Gasteiger partial charge in [-0.1, -0.05) is 24.3 Å². The van der Waals surface area contributed by atoms with Gasteiger partial charge in [0.05, 0.1) is 10.6 Å². The van der Waals surface area contributed by atoms with Crippen molar-refractivity contribution in [2.45, 2.75) is 11.3 Å². The Morgan fingerprint density at radius 3 is 2.43 bits per heavy atom. The molecular weight excluding hydrogens is 384 g/mol. The van der Waals surface area contributed by atoms with Gasteiger partial charge in [-0.2, -0.15) is 0 Å². The number of aromatic hydroxyl groups is 1. The first kappa shape index (κ1) is 17.5. The van der Waals surface area contributed by atoms with Gasteiger partial charge in [-0.3, -0.25) is 4.79 Å². The monoisotopic (exact) mass is 398 g/mol. The molecule has 0 fully saturated rings. The Labute approximate surface area is 142 Å². The summed E-state index contributed by atoms with van der Waals surface area (Å²) in [5.74, 6) is -0.448. The maximum atomic E-state index is 12.1. The minimum absolute atomic E-state index is 0.0466. The fourth-order valence-electron chi connectivity index (χ4n) is 1.83. The van der Waals surface area contributed by atoms with Crippen molar-refractivity contribution in [3.63, 3.8) is 0 Å². The normalized spacial score (nSPS) is 11.2. The third-order valence-electron chi connectivity index (χ3n) is 2.95. The van der Waals surface area contributed by atoms with Crippen LogP contribution in [-0.2, 0) is 14.8 Å². The molecule has 0 radical (unpaired) electrons. The summed E-state index contributed by atoms with van der Waals surface area (Å²) in [7, 11) is -3.69. The number of nitrogens with one attached hydrogen (secondary N) is 2. The van der Waals surface area contributed by atoms with Gasteiger partial charge in [-0.05, 0) is 40.2 Å². The van der Waals surface area contributed by atoms with Crippen LogP contribution in [0, 0.1) is 0 Å². The number of carbonyl (C=O) groups is 1. The number of sulfonamides is 1. The van der Waals surface area contributed by atoms with Crippen molar-refractivity contribution in [2.75, 3.05) is 11.9 Å². The Bertz CT molecular complexity index is 809. The average molecular weight is 399 g/mol. The molecule has 0 spiro atoms. The van der Waals surface area contributed by atoms with Crippen LogP contribution in [0.15, 0.2) is 57.9 Å². The first-order chi connectivity index (χ1) is 10.9. The lowest BCUT2D eigenvalue weighted by Crippen LogP contribution is -2.28. The zero-order valence-electron chi connectivity index (χ0n) is 12.0. The summed E-state index contributed by atoms with van der Waals surface area (Å²) in [4.78, 5) is 11.9. The number of carbonyl (C=O) groups excluding carboxylic acids is 1. The number of anilines is 1. The van der Waals surface area contributed by atoms with Gasteiger partial charge in [0.1, 0.15) is 5.75 Å². The van der Waals surface area contributed by atoms with E-state index in [0.717, 1.165) is 0 Å². The van der Waals surface area contributed by atoms with Gasteiger partial charge in [-0.15, -0.1) is 0 Å². The molecule has 0 aliphatic carbocycles. The number of hydrogen-bond donors (Lipinski definition) is 3. The van der Waals surface area contributed by atoms with Crippen LogP contribution < -0.4 is 10.0 Å². The van der Waals surface area contributed by atoms with Crippen LogP contribution in [0.1, 0.15) is 6.42 Å². The molecule has 0 saturated heterocycles. The molecule has 1 amide bonds. The third-order valence-corrected chi connectivity index (χ3v) is 5.42. The van der Waals surface area contributed by atoms with E-state index in [2.05, 4.69) is 26.0 Å². The van der Waals surface area contributed by atoms with Crippen LogP contribution >= 0.6 is 15.9 Å². The van der Waals surface area contributed by atoms with E-state index in [1.807, 2.05) is 0 Å². The molecule has 2 rings (SSSR count). The van der Waals surface area contributed by atoms with Crippen LogP contribution in [-0.4, -0.2) is 26.0 Å². The molecule has 23 heavy (non-hydrogen) atoms. The highest BCUT2D eigenvalue weighted by Crippen LogP contribution is 2.22. The number of hydrogen-bond acceptors (Lipinski definition) is 4. The maximum absolute atomic E-state index is 12.1. The predicted octanol–water partition coefficient (Wildman–Crippen LogP) is 2.46. The molecule has 3 N–H and O–H groups in total. The highest BCUT2D eigenvalue weighted by Gasteiger charge is 2.17. The lowest BCUT2D eigenvalue weighted by atomic mass is 10.3. The lowest BCUT2D eigenvalue weighted by Gasteiger charge is -2.09. The third kappa shape index (κ3) is 4.78. The molecule has 0 aliphatic heterocycles. The molecule has 0 heterocycles. The Balaban J connectivity index is 1.91. The summed E-state index contributed by atoms with van der Waals surface area (Å²) in [5.41, 5.74) is 0.283. The van der Waals surface area contributed by atoms with Crippen molar-refractivity contribution in [2.24, 2.45) is 0 Å². The molecule has 0 bridgehead atoms. The first-order valence-corrected chi connectivity index (χ1v) is 9.00. The van der Waals surface area contributed by atoms with Crippen molar-refractivity contribution >= 4 is 37.5 Å². The van der Waals surface area contributed by atoms with Gasteiger partial charge in [0.15, 0.2) is 0 Å². The van der Waals surface area contributed by atoms with Crippen molar-refractivity contribution in [1.82, 2.24) is 4.72 Å². The number of amides is 1. The minimum atomic E-state index is -3.69. The number of rotatable bonds is 6. The summed E-state index contributed by atoms with van der Waals surface area (Å²) < 4.78 is 27.1. The summed E-state index contributed by atoms with van der Waals surface area (Å²) in [6.45, 7) is -0.0525. The van der Waals surface area contributed by atoms with Gasteiger partial charge >= 0.3 is 0 Å². The largest absolute Gasteiger partial charge is 0.506 e. The molecule has 8 heteroatoms. The van der Waals surface area contributed by atoms with Crippen LogP contribution in [0.5, 0.6) is 5.75 Å². The average Bonchev–Trinajstić information content (AvgIpc) is 2.49. The molecule has 0 unspecified atom stereocenters.